The van der Waals surface area contributed by atoms with Crippen LogP contribution in [0.25, 0.3) is 0 Å². The first-order valence-corrected chi connectivity index (χ1v) is 6.12. The molecule has 1 aromatic heterocycles. The maximum absolute atomic E-state index is 7.81. The summed E-state index contributed by atoms with van der Waals surface area (Å²) < 4.78 is 0. The Bertz CT molecular complexity index is 347. The van der Waals surface area contributed by atoms with Gasteiger partial charge >= 0.3 is 0 Å². The number of hydrogen-bond donors (Lipinski definition) is 1. The van der Waals surface area contributed by atoms with Gasteiger partial charge in [-0.3, -0.25) is 10.4 Å². The largest absolute Gasteiger partial charge is 0.347 e. The van der Waals surface area contributed by atoms with E-state index in [1.165, 1.54) is 12.0 Å². The second-order valence-electron chi connectivity index (χ2n) is 3.74. The van der Waals surface area contributed by atoms with E-state index >= 15 is 0 Å². The van der Waals surface area contributed by atoms with Crippen molar-refractivity contribution in [1.82, 2.24) is 9.88 Å². The Labute approximate surface area is 94.4 Å². The molecule has 0 saturated carbocycles. The summed E-state index contributed by atoms with van der Waals surface area (Å²) in [6, 6.07) is 4.12. The van der Waals surface area contributed by atoms with E-state index < -0.39 is 0 Å². The number of aryl methyl sites for hydroxylation is 1. The summed E-state index contributed by atoms with van der Waals surface area (Å²) >= 11 is 1.64. The van der Waals surface area contributed by atoms with E-state index in [0.717, 1.165) is 24.5 Å². The molecule has 3 nitrogen and oxygen atoms in total. The van der Waals surface area contributed by atoms with Gasteiger partial charge < -0.3 is 4.90 Å². The summed E-state index contributed by atoms with van der Waals surface area (Å²) in [6.45, 7) is 3.81. The molecule has 0 aromatic carbocycles. The third kappa shape index (κ3) is 2.72. The molecule has 2 heterocycles. The average Bonchev–Trinajstić information content (AvgIpc) is 2.25. The van der Waals surface area contributed by atoms with Crippen molar-refractivity contribution >= 4 is 16.9 Å². The number of nitrogens with zero attached hydrogens (tertiary/aromatic N) is 2. The number of rotatable bonds is 2. The van der Waals surface area contributed by atoms with Gasteiger partial charge in [0.2, 0.25) is 0 Å². The Morgan fingerprint density at radius 2 is 2.40 bits per heavy atom. The van der Waals surface area contributed by atoms with E-state index in [-0.39, 0.29) is 0 Å². The monoisotopic (exact) mass is 221 g/mol. The molecule has 15 heavy (non-hydrogen) atoms. The second-order valence-corrected chi connectivity index (χ2v) is 4.82. The van der Waals surface area contributed by atoms with Crippen molar-refractivity contribution in [3.8, 4) is 0 Å². The van der Waals surface area contributed by atoms with Crippen LogP contribution in [0.3, 0.4) is 0 Å². The van der Waals surface area contributed by atoms with Crippen molar-refractivity contribution in [1.29, 1.82) is 5.41 Å². The lowest BCUT2D eigenvalue weighted by atomic mass is 10.2. The summed E-state index contributed by atoms with van der Waals surface area (Å²) in [7, 11) is 0. The molecule has 1 N–H and O–H groups in total. The predicted molar refractivity (Wildman–Crippen MR) is 64.2 cm³/mol. The van der Waals surface area contributed by atoms with Crippen LogP contribution in [-0.4, -0.2) is 27.3 Å². The highest BCUT2D eigenvalue weighted by molar-refractivity contribution is 8.13. The Morgan fingerprint density at radius 3 is 3.07 bits per heavy atom. The predicted octanol–water partition coefficient (Wildman–Crippen LogP) is 2.26. The minimum Gasteiger partial charge on any atom is -0.347 e. The minimum absolute atomic E-state index is 0.696. The van der Waals surface area contributed by atoms with Gasteiger partial charge in [-0.15, -0.1) is 0 Å². The fourth-order valence-corrected chi connectivity index (χ4v) is 2.39. The van der Waals surface area contributed by atoms with Crippen LogP contribution in [0.2, 0.25) is 0 Å². The molecule has 80 valence electrons. The maximum atomic E-state index is 7.81. The lowest BCUT2D eigenvalue weighted by molar-refractivity contribution is 0.413. The second kappa shape index (κ2) is 4.66. The first-order valence-electron chi connectivity index (χ1n) is 5.13. The topological polar surface area (TPSA) is 40.0 Å². The van der Waals surface area contributed by atoms with Gasteiger partial charge in [0.05, 0.1) is 0 Å². The number of thioether (sulfide) groups is 1. The molecule has 0 bridgehead atoms. The van der Waals surface area contributed by atoms with E-state index in [4.69, 9.17) is 5.41 Å². The SMILES string of the molecule is Cc1ccc(CN2CCCSC2=N)cn1. The summed E-state index contributed by atoms with van der Waals surface area (Å²) in [5.74, 6) is 1.08. The quantitative estimate of drug-likeness (QED) is 0.832. The van der Waals surface area contributed by atoms with Gasteiger partial charge in [-0.2, -0.15) is 0 Å². The van der Waals surface area contributed by atoms with E-state index in [9.17, 15) is 0 Å². The van der Waals surface area contributed by atoms with Crippen LogP contribution in [0, 0.1) is 12.3 Å². The summed E-state index contributed by atoms with van der Waals surface area (Å²) in [5, 5.41) is 8.50. The smallest absolute Gasteiger partial charge is 0.156 e. The fourth-order valence-electron chi connectivity index (χ4n) is 1.58. The zero-order valence-corrected chi connectivity index (χ0v) is 9.68. The van der Waals surface area contributed by atoms with Crippen LogP contribution in [0.4, 0.5) is 0 Å². The lowest BCUT2D eigenvalue weighted by Gasteiger charge is -2.28. The Kier molecular flexibility index (Phi) is 3.26. The van der Waals surface area contributed by atoms with Crippen molar-refractivity contribution in [2.24, 2.45) is 0 Å². The Balaban J connectivity index is 2.01. The van der Waals surface area contributed by atoms with Crippen molar-refractivity contribution in [3.63, 3.8) is 0 Å². The summed E-state index contributed by atoms with van der Waals surface area (Å²) in [6.07, 6.45) is 3.08. The van der Waals surface area contributed by atoms with E-state index in [1.807, 2.05) is 19.2 Å². The molecule has 1 aliphatic rings. The highest BCUT2D eigenvalue weighted by Crippen LogP contribution is 2.18. The number of nitrogens with one attached hydrogen (secondary N) is 1. The van der Waals surface area contributed by atoms with E-state index in [0.29, 0.717) is 5.17 Å². The molecule has 0 atom stereocenters. The first-order chi connectivity index (χ1) is 7.25. The molecule has 1 aromatic rings. The van der Waals surface area contributed by atoms with Crippen molar-refractivity contribution < 1.29 is 0 Å². The van der Waals surface area contributed by atoms with Crippen LogP contribution in [-0.2, 0) is 6.54 Å². The third-order valence-electron chi connectivity index (χ3n) is 2.44. The highest BCUT2D eigenvalue weighted by atomic mass is 32.2. The third-order valence-corrected chi connectivity index (χ3v) is 3.47. The van der Waals surface area contributed by atoms with Gasteiger partial charge in [-0.1, -0.05) is 17.8 Å². The molecule has 2 rings (SSSR count). The van der Waals surface area contributed by atoms with E-state index in [1.54, 1.807) is 11.8 Å². The Morgan fingerprint density at radius 1 is 1.53 bits per heavy atom. The number of aromatic nitrogens is 1. The van der Waals surface area contributed by atoms with Gasteiger partial charge in [0.25, 0.3) is 0 Å². The maximum Gasteiger partial charge on any atom is 0.156 e. The number of pyridine rings is 1. The molecule has 1 fully saturated rings. The zero-order chi connectivity index (χ0) is 10.7. The van der Waals surface area contributed by atoms with Crippen LogP contribution in [0.1, 0.15) is 17.7 Å². The molecule has 0 radical (unpaired) electrons. The van der Waals surface area contributed by atoms with Gasteiger partial charge in [0.15, 0.2) is 5.17 Å². The molecular formula is C11H15N3S. The molecule has 1 aliphatic heterocycles. The normalized spacial score (nSPS) is 16.9. The molecule has 0 aliphatic carbocycles. The van der Waals surface area contributed by atoms with Crippen LogP contribution in [0.15, 0.2) is 18.3 Å². The molecule has 4 heteroatoms. The fraction of sp³-hybridized carbons (Fsp3) is 0.455. The highest BCUT2D eigenvalue weighted by Gasteiger charge is 2.15. The van der Waals surface area contributed by atoms with E-state index in [2.05, 4.69) is 16.0 Å². The zero-order valence-electron chi connectivity index (χ0n) is 8.86. The van der Waals surface area contributed by atoms with Gasteiger partial charge in [-0.25, -0.2) is 0 Å². The van der Waals surface area contributed by atoms with Gasteiger partial charge in [0, 0.05) is 30.7 Å². The first kappa shape index (κ1) is 10.5. The molecular weight excluding hydrogens is 206 g/mol. The van der Waals surface area contributed by atoms with Crippen molar-refractivity contribution in [2.75, 3.05) is 12.3 Å². The minimum atomic E-state index is 0.696. The molecule has 0 spiro atoms. The van der Waals surface area contributed by atoms with Crippen LogP contribution < -0.4 is 0 Å². The van der Waals surface area contributed by atoms with Gasteiger partial charge in [-0.05, 0) is 25.0 Å². The number of hydrogen-bond acceptors (Lipinski definition) is 3. The van der Waals surface area contributed by atoms with Crippen LogP contribution in [0.5, 0.6) is 0 Å². The molecule has 1 saturated heterocycles. The van der Waals surface area contributed by atoms with Crippen molar-refractivity contribution in [2.45, 2.75) is 19.9 Å². The standard InChI is InChI=1S/C11H15N3S/c1-9-3-4-10(7-13-9)8-14-5-2-6-15-11(14)12/h3-4,7,12H,2,5-6,8H2,1H3. The Hall–Kier alpha value is -1.03. The van der Waals surface area contributed by atoms with Gasteiger partial charge in [0.1, 0.15) is 0 Å². The lowest BCUT2D eigenvalue weighted by Crippen LogP contribution is -2.32. The molecule has 0 unspecified atom stereocenters. The average molecular weight is 221 g/mol. The van der Waals surface area contributed by atoms with Crippen molar-refractivity contribution in [3.05, 3.63) is 29.6 Å². The summed E-state index contributed by atoms with van der Waals surface area (Å²) in [5.41, 5.74) is 2.23. The summed E-state index contributed by atoms with van der Waals surface area (Å²) in [4.78, 5) is 6.38. The molecule has 0 amide bonds. The number of amidine groups is 1. The van der Waals surface area contributed by atoms with Crippen LogP contribution >= 0.6 is 11.8 Å².